The van der Waals surface area contributed by atoms with Gasteiger partial charge >= 0.3 is 6.03 Å². The Morgan fingerprint density at radius 2 is 1.84 bits per heavy atom. The minimum atomic E-state index is -0.351. The van der Waals surface area contributed by atoms with Crippen LogP contribution in [0.5, 0.6) is 5.75 Å². The van der Waals surface area contributed by atoms with Gasteiger partial charge in [-0.2, -0.15) is 0 Å². The van der Waals surface area contributed by atoms with E-state index in [0.29, 0.717) is 16.5 Å². The number of halogens is 1. The van der Waals surface area contributed by atoms with Gasteiger partial charge in [0, 0.05) is 42.6 Å². The first-order valence-electron chi connectivity index (χ1n) is 8.13. The molecule has 1 aliphatic heterocycles. The van der Waals surface area contributed by atoms with E-state index in [9.17, 15) is 4.79 Å². The average molecular weight is 361 g/mol. The molecule has 0 aromatic heterocycles. The highest BCUT2D eigenvalue weighted by atomic mass is 35.5. The van der Waals surface area contributed by atoms with Crippen molar-refractivity contribution in [2.45, 2.75) is 0 Å². The van der Waals surface area contributed by atoms with Crippen molar-refractivity contribution < 1.29 is 9.53 Å². The van der Waals surface area contributed by atoms with Gasteiger partial charge in [-0.05, 0) is 42.5 Å². The standard InChI is InChI=1S/C18H21ClN4O2/c1-25-17-7-2-13(19)12-16(17)22-18(24)21-14-3-5-15(6-4-14)23-10-8-20-9-11-23/h2-7,12,20H,8-11H2,1H3,(H2,21,22,24). The van der Waals surface area contributed by atoms with Gasteiger partial charge in [0.1, 0.15) is 5.75 Å². The summed E-state index contributed by atoms with van der Waals surface area (Å²) in [7, 11) is 1.54. The van der Waals surface area contributed by atoms with E-state index in [1.807, 2.05) is 24.3 Å². The molecule has 2 amide bonds. The van der Waals surface area contributed by atoms with E-state index < -0.39 is 0 Å². The number of rotatable bonds is 4. The predicted octanol–water partition coefficient (Wildman–Crippen LogP) is 3.40. The quantitative estimate of drug-likeness (QED) is 0.781. The number of amides is 2. The van der Waals surface area contributed by atoms with E-state index in [1.54, 1.807) is 25.3 Å². The molecule has 2 aromatic carbocycles. The van der Waals surface area contributed by atoms with Crippen molar-refractivity contribution in [3.05, 3.63) is 47.5 Å². The summed E-state index contributed by atoms with van der Waals surface area (Å²) in [5.74, 6) is 0.550. The van der Waals surface area contributed by atoms with Crippen LogP contribution in [0.2, 0.25) is 5.02 Å². The molecule has 132 valence electrons. The minimum absolute atomic E-state index is 0.351. The molecular formula is C18H21ClN4O2. The van der Waals surface area contributed by atoms with Gasteiger partial charge in [0.2, 0.25) is 0 Å². The van der Waals surface area contributed by atoms with Crippen molar-refractivity contribution in [3.63, 3.8) is 0 Å². The molecule has 1 saturated heterocycles. The lowest BCUT2D eigenvalue weighted by Crippen LogP contribution is -2.43. The van der Waals surface area contributed by atoms with Crippen LogP contribution in [0.3, 0.4) is 0 Å². The minimum Gasteiger partial charge on any atom is -0.495 e. The van der Waals surface area contributed by atoms with Crippen molar-refractivity contribution in [1.29, 1.82) is 0 Å². The van der Waals surface area contributed by atoms with E-state index in [0.717, 1.165) is 37.6 Å². The summed E-state index contributed by atoms with van der Waals surface area (Å²) in [5, 5.41) is 9.42. The molecule has 0 radical (unpaired) electrons. The third-order valence-electron chi connectivity index (χ3n) is 4.02. The van der Waals surface area contributed by atoms with E-state index in [1.165, 1.54) is 0 Å². The number of anilines is 3. The summed E-state index contributed by atoms with van der Waals surface area (Å²) in [5.41, 5.74) is 2.39. The van der Waals surface area contributed by atoms with Crippen LogP contribution in [-0.4, -0.2) is 39.3 Å². The van der Waals surface area contributed by atoms with Gasteiger partial charge in [0.05, 0.1) is 12.8 Å². The average Bonchev–Trinajstić information content (AvgIpc) is 2.63. The molecule has 3 N–H and O–H groups in total. The molecule has 1 aliphatic rings. The van der Waals surface area contributed by atoms with E-state index in [2.05, 4.69) is 20.9 Å². The number of hydrogen-bond donors (Lipinski definition) is 3. The van der Waals surface area contributed by atoms with Gasteiger partial charge in [-0.1, -0.05) is 11.6 Å². The molecule has 3 rings (SSSR count). The third-order valence-corrected chi connectivity index (χ3v) is 4.25. The van der Waals surface area contributed by atoms with Crippen LogP contribution >= 0.6 is 11.6 Å². The van der Waals surface area contributed by atoms with Crippen molar-refractivity contribution >= 4 is 34.7 Å². The fraction of sp³-hybridized carbons (Fsp3) is 0.278. The maximum Gasteiger partial charge on any atom is 0.323 e. The number of hydrogen-bond acceptors (Lipinski definition) is 4. The number of methoxy groups -OCH3 is 1. The molecular weight excluding hydrogens is 340 g/mol. The first kappa shape index (κ1) is 17.4. The van der Waals surface area contributed by atoms with Crippen molar-refractivity contribution in [2.75, 3.05) is 48.8 Å². The molecule has 0 bridgehead atoms. The molecule has 0 aliphatic carbocycles. The summed E-state index contributed by atoms with van der Waals surface area (Å²) >= 11 is 5.97. The lowest BCUT2D eigenvalue weighted by molar-refractivity contribution is 0.262. The molecule has 2 aromatic rings. The summed E-state index contributed by atoms with van der Waals surface area (Å²) in [6, 6.07) is 12.5. The number of ether oxygens (including phenoxy) is 1. The van der Waals surface area contributed by atoms with Gasteiger partial charge in [-0.25, -0.2) is 4.79 Å². The Morgan fingerprint density at radius 1 is 1.12 bits per heavy atom. The third kappa shape index (κ3) is 4.55. The van der Waals surface area contributed by atoms with Gasteiger partial charge in [-0.15, -0.1) is 0 Å². The molecule has 1 fully saturated rings. The normalized spacial score (nSPS) is 14.1. The smallest absolute Gasteiger partial charge is 0.323 e. The molecule has 0 unspecified atom stereocenters. The first-order chi connectivity index (χ1) is 12.2. The highest BCUT2D eigenvalue weighted by Gasteiger charge is 2.11. The van der Waals surface area contributed by atoms with Crippen LogP contribution in [0, 0.1) is 0 Å². The molecule has 0 saturated carbocycles. The Hall–Kier alpha value is -2.44. The van der Waals surface area contributed by atoms with Crippen LogP contribution in [0.1, 0.15) is 0 Å². The number of benzene rings is 2. The Labute approximate surface area is 152 Å². The SMILES string of the molecule is COc1ccc(Cl)cc1NC(=O)Nc1ccc(N2CCNCC2)cc1. The second-order valence-electron chi connectivity index (χ2n) is 5.71. The first-order valence-corrected chi connectivity index (χ1v) is 8.51. The fourth-order valence-corrected chi connectivity index (χ4v) is 2.91. The number of nitrogens with one attached hydrogen (secondary N) is 3. The Bertz CT molecular complexity index is 730. The van der Waals surface area contributed by atoms with Gasteiger partial charge in [-0.3, -0.25) is 0 Å². The number of piperazine rings is 1. The molecule has 0 atom stereocenters. The monoisotopic (exact) mass is 360 g/mol. The summed E-state index contributed by atoms with van der Waals surface area (Å²) in [6.45, 7) is 3.96. The summed E-state index contributed by atoms with van der Waals surface area (Å²) < 4.78 is 5.22. The largest absolute Gasteiger partial charge is 0.495 e. The topological polar surface area (TPSA) is 65.6 Å². The zero-order chi connectivity index (χ0) is 17.6. The molecule has 7 heteroatoms. The summed E-state index contributed by atoms with van der Waals surface area (Å²) in [4.78, 5) is 14.5. The highest BCUT2D eigenvalue weighted by Crippen LogP contribution is 2.28. The number of nitrogens with zero attached hydrogens (tertiary/aromatic N) is 1. The van der Waals surface area contributed by atoms with Crippen LogP contribution in [0.15, 0.2) is 42.5 Å². The molecule has 1 heterocycles. The maximum atomic E-state index is 12.2. The van der Waals surface area contributed by atoms with Crippen LogP contribution in [-0.2, 0) is 0 Å². The van der Waals surface area contributed by atoms with Gasteiger partial charge in [0.15, 0.2) is 0 Å². The summed E-state index contributed by atoms with van der Waals surface area (Å²) in [6.07, 6.45) is 0. The van der Waals surface area contributed by atoms with Gasteiger partial charge < -0.3 is 25.6 Å². The Kier molecular flexibility index (Phi) is 5.63. The molecule has 0 spiro atoms. The van der Waals surface area contributed by atoms with E-state index >= 15 is 0 Å². The number of urea groups is 1. The van der Waals surface area contributed by atoms with E-state index in [-0.39, 0.29) is 6.03 Å². The Balaban J connectivity index is 1.62. The fourth-order valence-electron chi connectivity index (χ4n) is 2.74. The second-order valence-corrected chi connectivity index (χ2v) is 6.14. The van der Waals surface area contributed by atoms with Crippen molar-refractivity contribution in [2.24, 2.45) is 0 Å². The van der Waals surface area contributed by atoms with Crippen molar-refractivity contribution in [1.82, 2.24) is 5.32 Å². The second kappa shape index (κ2) is 8.09. The predicted molar refractivity (Wildman–Crippen MR) is 102 cm³/mol. The number of carbonyl (C=O) groups is 1. The zero-order valence-electron chi connectivity index (χ0n) is 14.0. The maximum absolute atomic E-state index is 12.2. The zero-order valence-corrected chi connectivity index (χ0v) is 14.8. The van der Waals surface area contributed by atoms with Crippen LogP contribution < -0.4 is 25.6 Å². The van der Waals surface area contributed by atoms with Crippen molar-refractivity contribution in [3.8, 4) is 5.75 Å². The number of carbonyl (C=O) groups excluding carboxylic acids is 1. The lowest BCUT2D eigenvalue weighted by atomic mass is 10.2. The molecule has 6 nitrogen and oxygen atoms in total. The Morgan fingerprint density at radius 3 is 2.52 bits per heavy atom. The lowest BCUT2D eigenvalue weighted by Gasteiger charge is -2.29. The van der Waals surface area contributed by atoms with Gasteiger partial charge in [0.25, 0.3) is 0 Å². The van der Waals surface area contributed by atoms with E-state index in [4.69, 9.17) is 16.3 Å². The molecule has 25 heavy (non-hydrogen) atoms. The van der Waals surface area contributed by atoms with Crippen LogP contribution in [0.25, 0.3) is 0 Å². The van der Waals surface area contributed by atoms with Crippen LogP contribution in [0.4, 0.5) is 21.9 Å². The highest BCUT2D eigenvalue weighted by molar-refractivity contribution is 6.31.